The van der Waals surface area contributed by atoms with Crippen LogP contribution in [-0.4, -0.2) is 40.2 Å². The molecule has 2 aromatic rings. The molecule has 0 heterocycles. The van der Waals surface area contributed by atoms with E-state index < -0.39 is 0 Å². The molecule has 31 heavy (non-hydrogen) atoms. The molecule has 0 spiro atoms. The van der Waals surface area contributed by atoms with Gasteiger partial charge in [-0.2, -0.15) is 0 Å². The van der Waals surface area contributed by atoms with Crippen LogP contribution >= 0.6 is 0 Å². The number of fused-ring (bicyclic) bond motifs is 2. The summed E-state index contributed by atoms with van der Waals surface area (Å²) in [5, 5.41) is 0. The van der Waals surface area contributed by atoms with Crippen LogP contribution in [0.25, 0.3) is 0 Å². The van der Waals surface area contributed by atoms with Gasteiger partial charge in [-0.1, -0.05) is 30.3 Å². The highest BCUT2D eigenvalue weighted by Gasteiger charge is 2.31. The van der Waals surface area contributed by atoms with Gasteiger partial charge in [-0.15, -0.1) is 0 Å². The van der Waals surface area contributed by atoms with Gasteiger partial charge in [0.15, 0.2) is 11.6 Å². The van der Waals surface area contributed by atoms with Crippen molar-refractivity contribution in [1.82, 2.24) is 4.90 Å². The first-order chi connectivity index (χ1) is 14.6. The molecular weight excluding hydrogens is 386 g/mol. The van der Waals surface area contributed by atoms with Gasteiger partial charge in [0.2, 0.25) is 5.96 Å². The van der Waals surface area contributed by atoms with Crippen LogP contribution in [0.15, 0.2) is 52.4 Å². The van der Waals surface area contributed by atoms with E-state index >= 15 is 0 Å². The van der Waals surface area contributed by atoms with Crippen LogP contribution in [0.1, 0.15) is 91.9 Å². The van der Waals surface area contributed by atoms with Crippen molar-refractivity contribution in [1.29, 1.82) is 0 Å². The molecule has 0 amide bonds. The van der Waals surface area contributed by atoms with Crippen LogP contribution in [0.5, 0.6) is 0 Å². The molecule has 1 aliphatic rings. The van der Waals surface area contributed by atoms with Crippen LogP contribution in [-0.2, 0) is 0 Å². The fraction of sp³-hybridized carbons (Fsp3) is 0.385. The van der Waals surface area contributed by atoms with Crippen LogP contribution in [0, 0.1) is 0 Å². The van der Waals surface area contributed by atoms with Crippen molar-refractivity contribution in [3.8, 4) is 0 Å². The lowest BCUT2D eigenvalue weighted by molar-refractivity contribution is 0.0979. The van der Waals surface area contributed by atoms with Crippen LogP contribution in [0.2, 0.25) is 0 Å². The second kappa shape index (κ2) is 8.96. The number of aliphatic imine (C=N–C) groups is 2. The predicted octanol–water partition coefficient (Wildman–Crippen LogP) is 5.48. The number of carbonyl (C=O) groups excluding carboxylic acids is 2. The third-order valence-corrected chi connectivity index (χ3v) is 5.33. The van der Waals surface area contributed by atoms with Crippen LogP contribution < -0.4 is 0 Å². The van der Waals surface area contributed by atoms with Crippen LogP contribution in [0.4, 0.5) is 0 Å². The van der Waals surface area contributed by atoms with E-state index in [-0.39, 0.29) is 29.7 Å². The van der Waals surface area contributed by atoms with Crippen molar-refractivity contribution in [2.24, 2.45) is 9.98 Å². The number of rotatable bonds is 4. The third kappa shape index (κ3) is 4.50. The van der Waals surface area contributed by atoms with Gasteiger partial charge < -0.3 is 4.90 Å². The Labute approximate surface area is 184 Å². The van der Waals surface area contributed by atoms with E-state index in [2.05, 4.69) is 25.7 Å². The molecule has 162 valence electrons. The predicted molar refractivity (Wildman–Crippen MR) is 126 cm³/mol. The summed E-state index contributed by atoms with van der Waals surface area (Å²) >= 11 is 0. The number of nitrogens with zero attached hydrogens (tertiary/aromatic N) is 3. The fourth-order valence-corrected chi connectivity index (χ4v) is 3.97. The van der Waals surface area contributed by atoms with Gasteiger partial charge >= 0.3 is 0 Å². The van der Waals surface area contributed by atoms with E-state index in [1.165, 1.54) is 0 Å². The number of benzene rings is 2. The Morgan fingerprint density at radius 3 is 1.87 bits per heavy atom. The topological polar surface area (TPSA) is 62.1 Å². The van der Waals surface area contributed by atoms with E-state index in [0.29, 0.717) is 28.2 Å². The highest BCUT2D eigenvalue weighted by Crippen LogP contribution is 2.31. The molecule has 1 atom stereocenters. The number of hydrogen-bond acceptors (Lipinski definition) is 3. The SMILES string of the molecule is CC(C)=NC(=NC(C)C)N(C(C)C)C(C)c1ccc2c(c1)C(=O)c1ccccc1C2=O. The monoisotopic (exact) mass is 417 g/mol. The van der Waals surface area contributed by atoms with E-state index in [9.17, 15) is 9.59 Å². The summed E-state index contributed by atoms with van der Waals surface area (Å²) in [5.74, 6) is 0.482. The summed E-state index contributed by atoms with van der Waals surface area (Å²) in [7, 11) is 0. The van der Waals surface area contributed by atoms with Gasteiger partial charge in [0.05, 0.1) is 6.04 Å². The number of carbonyl (C=O) groups is 2. The Balaban J connectivity index is 2.07. The standard InChI is InChI=1S/C26H31N3O2/c1-15(2)27-26(28-16(3)4)29(17(5)6)18(7)19-12-13-22-23(14-19)25(31)21-11-9-8-10-20(21)24(22)30/h8-15,17-18H,1-7H3. The molecule has 0 aromatic heterocycles. The van der Waals surface area contributed by atoms with Crippen molar-refractivity contribution in [2.45, 2.75) is 66.6 Å². The molecule has 0 saturated heterocycles. The molecule has 1 unspecified atom stereocenters. The highest BCUT2D eigenvalue weighted by atomic mass is 16.1. The molecule has 5 heteroatoms. The summed E-state index contributed by atoms with van der Waals surface area (Å²) in [6.45, 7) is 14.3. The summed E-state index contributed by atoms with van der Waals surface area (Å²) < 4.78 is 0. The van der Waals surface area contributed by atoms with E-state index in [4.69, 9.17) is 9.98 Å². The third-order valence-electron chi connectivity index (χ3n) is 5.33. The van der Waals surface area contributed by atoms with Gasteiger partial charge in [0.25, 0.3) is 0 Å². The maximum Gasteiger partial charge on any atom is 0.221 e. The second-order valence-electron chi connectivity index (χ2n) is 8.77. The van der Waals surface area contributed by atoms with Crippen molar-refractivity contribution in [3.05, 3.63) is 70.3 Å². The Hall–Kier alpha value is -3.08. The minimum Gasteiger partial charge on any atom is -0.332 e. The normalized spacial score (nSPS) is 14.4. The molecule has 1 aliphatic carbocycles. The van der Waals surface area contributed by atoms with Gasteiger partial charge in [0, 0.05) is 40.0 Å². The van der Waals surface area contributed by atoms with Crippen LogP contribution in [0.3, 0.4) is 0 Å². The summed E-state index contributed by atoms with van der Waals surface area (Å²) in [4.78, 5) is 37.7. The average molecular weight is 418 g/mol. The lowest BCUT2D eigenvalue weighted by atomic mass is 9.83. The minimum atomic E-state index is -0.103. The van der Waals surface area contributed by atoms with Crippen molar-refractivity contribution in [3.63, 3.8) is 0 Å². The quantitative estimate of drug-likeness (QED) is 0.417. The molecule has 0 radical (unpaired) electrons. The van der Waals surface area contributed by atoms with E-state index in [0.717, 1.165) is 11.3 Å². The maximum atomic E-state index is 13.1. The molecule has 0 N–H and O–H groups in total. The van der Waals surface area contributed by atoms with E-state index in [1.54, 1.807) is 30.3 Å². The minimum absolute atomic E-state index is 0.0778. The largest absolute Gasteiger partial charge is 0.332 e. The molecule has 2 aromatic carbocycles. The number of ketones is 2. The summed E-state index contributed by atoms with van der Waals surface area (Å²) in [5.41, 5.74) is 3.76. The molecule has 3 rings (SSSR count). The first kappa shape index (κ1) is 22.6. The Bertz CT molecular complexity index is 1080. The zero-order valence-electron chi connectivity index (χ0n) is 19.4. The van der Waals surface area contributed by atoms with Crippen molar-refractivity contribution >= 4 is 23.2 Å². The molecular formula is C26H31N3O2. The van der Waals surface area contributed by atoms with Crippen molar-refractivity contribution in [2.75, 3.05) is 0 Å². The maximum absolute atomic E-state index is 13.1. The van der Waals surface area contributed by atoms with Gasteiger partial charge in [0.1, 0.15) is 0 Å². The second-order valence-corrected chi connectivity index (χ2v) is 8.77. The molecule has 5 nitrogen and oxygen atoms in total. The Morgan fingerprint density at radius 1 is 0.806 bits per heavy atom. The summed E-state index contributed by atoms with van der Waals surface area (Å²) in [6, 6.07) is 12.8. The zero-order valence-corrected chi connectivity index (χ0v) is 19.4. The van der Waals surface area contributed by atoms with Gasteiger partial charge in [-0.05, 0) is 66.2 Å². The fourth-order valence-electron chi connectivity index (χ4n) is 3.97. The number of guanidine groups is 1. The van der Waals surface area contributed by atoms with Gasteiger partial charge in [-0.3, -0.25) is 9.59 Å². The molecule has 0 saturated carbocycles. The highest BCUT2D eigenvalue weighted by molar-refractivity contribution is 6.28. The smallest absolute Gasteiger partial charge is 0.221 e. The Kier molecular flexibility index (Phi) is 6.54. The lowest BCUT2D eigenvalue weighted by Gasteiger charge is -2.35. The van der Waals surface area contributed by atoms with E-state index in [1.807, 2.05) is 39.8 Å². The summed E-state index contributed by atoms with van der Waals surface area (Å²) in [6.07, 6.45) is 0. The first-order valence-corrected chi connectivity index (χ1v) is 10.8. The Morgan fingerprint density at radius 2 is 1.35 bits per heavy atom. The zero-order chi connectivity index (χ0) is 22.9. The first-order valence-electron chi connectivity index (χ1n) is 10.8. The average Bonchev–Trinajstić information content (AvgIpc) is 2.70. The molecule has 0 aliphatic heterocycles. The van der Waals surface area contributed by atoms with Crippen molar-refractivity contribution < 1.29 is 9.59 Å². The lowest BCUT2D eigenvalue weighted by Crippen LogP contribution is -2.39. The number of hydrogen-bond donors (Lipinski definition) is 0. The van der Waals surface area contributed by atoms with Gasteiger partial charge in [-0.25, -0.2) is 9.98 Å². The molecule has 0 fully saturated rings. The molecule has 0 bridgehead atoms.